The second-order valence-corrected chi connectivity index (χ2v) is 5.15. The van der Waals surface area contributed by atoms with E-state index in [2.05, 4.69) is 0 Å². The van der Waals surface area contributed by atoms with Gasteiger partial charge in [0, 0.05) is 17.2 Å². The Labute approximate surface area is 116 Å². The standard InChI is InChI=1S/C15H16FNOS/c16-14-10-12(11-17)6-7-15(14)18-8-9-19-13-4-2-1-3-5-13/h1-7,10H,8-9,11,17H2. The van der Waals surface area contributed by atoms with E-state index in [1.165, 1.54) is 11.0 Å². The smallest absolute Gasteiger partial charge is 0.165 e. The molecule has 2 N–H and O–H groups in total. The summed E-state index contributed by atoms with van der Waals surface area (Å²) in [4.78, 5) is 1.19. The Morgan fingerprint density at radius 2 is 1.89 bits per heavy atom. The number of thioether (sulfide) groups is 1. The molecule has 2 nitrogen and oxygen atoms in total. The van der Waals surface area contributed by atoms with Crippen LogP contribution in [-0.4, -0.2) is 12.4 Å². The van der Waals surface area contributed by atoms with E-state index < -0.39 is 0 Å². The zero-order chi connectivity index (χ0) is 13.5. The first-order chi connectivity index (χ1) is 9.29. The fourth-order valence-corrected chi connectivity index (χ4v) is 2.37. The summed E-state index contributed by atoms with van der Waals surface area (Å²) in [7, 11) is 0. The molecule has 0 unspecified atom stereocenters. The Bertz CT molecular complexity index is 519. The number of hydrogen-bond acceptors (Lipinski definition) is 3. The van der Waals surface area contributed by atoms with Crippen molar-refractivity contribution in [3.05, 3.63) is 59.9 Å². The maximum absolute atomic E-state index is 13.6. The van der Waals surface area contributed by atoms with Crippen molar-refractivity contribution in [1.29, 1.82) is 0 Å². The van der Waals surface area contributed by atoms with Gasteiger partial charge in [0.25, 0.3) is 0 Å². The fourth-order valence-electron chi connectivity index (χ4n) is 1.62. The highest BCUT2D eigenvalue weighted by atomic mass is 32.2. The molecule has 0 aromatic heterocycles. The number of halogens is 1. The summed E-state index contributed by atoms with van der Waals surface area (Å²) in [5.41, 5.74) is 6.21. The third-order valence-corrected chi connectivity index (χ3v) is 3.56. The summed E-state index contributed by atoms with van der Waals surface area (Å²) in [5.74, 6) is 0.709. The zero-order valence-electron chi connectivity index (χ0n) is 10.5. The molecular formula is C15H16FNOS. The third-order valence-electron chi connectivity index (χ3n) is 2.58. The molecule has 0 atom stereocenters. The zero-order valence-corrected chi connectivity index (χ0v) is 11.3. The van der Waals surface area contributed by atoms with Crippen molar-refractivity contribution in [3.63, 3.8) is 0 Å². The lowest BCUT2D eigenvalue weighted by molar-refractivity contribution is 0.324. The molecular weight excluding hydrogens is 261 g/mol. The van der Waals surface area contributed by atoms with Crippen molar-refractivity contribution < 1.29 is 9.13 Å². The number of nitrogens with two attached hydrogens (primary N) is 1. The van der Waals surface area contributed by atoms with Gasteiger partial charge in [0.2, 0.25) is 0 Å². The molecule has 0 amide bonds. The maximum Gasteiger partial charge on any atom is 0.165 e. The highest BCUT2D eigenvalue weighted by Gasteiger charge is 2.04. The second kappa shape index (κ2) is 7.16. The number of benzene rings is 2. The minimum Gasteiger partial charge on any atom is -0.490 e. The van der Waals surface area contributed by atoms with E-state index >= 15 is 0 Å². The van der Waals surface area contributed by atoms with Crippen LogP contribution in [0.1, 0.15) is 5.56 Å². The van der Waals surface area contributed by atoms with Gasteiger partial charge in [-0.1, -0.05) is 24.3 Å². The summed E-state index contributed by atoms with van der Waals surface area (Å²) >= 11 is 1.69. The van der Waals surface area contributed by atoms with Crippen molar-refractivity contribution >= 4 is 11.8 Å². The lowest BCUT2D eigenvalue weighted by Crippen LogP contribution is -2.03. The predicted molar refractivity (Wildman–Crippen MR) is 77.0 cm³/mol. The quantitative estimate of drug-likeness (QED) is 0.649. The third kappa shape index (κ3) is 4.26. The monoisotopic (exact) mass is 277 g/mol. The average molecular weight is 277 g/mol. The van der Waals surface area contributed by atoms with Crippen LogP contribution in [-0.2, 0) is 6.54 Å². The molecule has 0 aliphatic rings. The van der Waals surface area contributed by atoms with E-state index in [1.807, 2.05) is 30.3 Å². The summed E-state index contributed by atoms with van der Waals surface area (Å²) in [6, 6.07) is 14.9. The van der Waals surface area contributed by atoms with Crippen LogP contribution in [0.2, 0.25) is 0 Å². The number of rotatable bonds is 6. The normalized spacial score (nSPS) is 10.4. The van der Waals surface area contributed by atoms with Gasteiger partial charge in [-0.05, 0) is 29.8 Å². The SMILES string of the molecule is NCc1ccc(OCCSc2ccccc2)c(F)c1. The molecule has 0 aliphatic carbocycles. The van der Waals surface area contributed by atoms with E-state index in [-0.39, 0.29) is 11.6 Å². The predicted octanol–water partition coefficient (Wildman–Crippen LogP) is 3.46. The minimum atomic E-state index is -0.354. The van der Waals surface area contributed by atoms with Crippen LogP contribution in [0.25, 0.3) is 0 Å². The van der Waals surface area contributed by atoms with Crippen LogP contribution in [0.3, 0.4) is 0 Å². The number of hydrogen-bond donors (Lipinski definition) is 1. The topological polar surface area (TPSA) is 35.2 Å². The molecule has 0 radical (unpaired) electrons. The van der Waals surface area contributed by atoms with Crippen LogP contribution >= 0.6 is 11.8 Å². The molecule has 2 aromatic carbocycles. The van der Waals surface area contributed by atoms with Crippen molar-refractivity contribution in [3.8, 4) is 5.75 Å². The van der Waals surface area contributed by atoms with Gasteiger partial charge in [-0.25, -0.2) is 4.39 Å². The summed E-state index contributed by atoms with van der Waals surface area (Å²) in [5, 5.41) is 0. The van der Waals surface area contributed by atoms with Gasteiger partial charge in [0.1, 0.15) is 0 Å². The second-order valence-electron chi connectivity index (χ2n) is 3.98. The molecule has 0 heterocycles. The highest BCUT2D eigenvalue weighted by molar-refractivity contribution is 7.99. The molecule has 0 saturated carbocycles. The Morgan fingerprint density at radius 1 is 1.11 bits per heavy atom. The molecule has 0 aliphatic heterocycles. The first-order valence-corrected chi connectivity index (χ1v) is 7.07. The minimum absolute atomic E-state index is 0.283. The Balaban J connectivity index is 1.80. The maximum atomic E-state index is 13.6. The lowest BCUT2D eigenvalue weighted by Gasteiger charge is -2.08. The van der Waals surface area contributed by atoms with Gasteiger partial charge in [-0.2, -0.15) is 0 Å². The van der Waals surface area contributed by atoms with E-state index in [9.17, 15) is 4.39 Å². The molecule has 4 heteroatoms. The van der Waals surface area contributed by atoms with E-state index in [1.54, 1.807) is 23.9 Å². The Morgan fingerprint density at radius 3 is 2.58 bits per heavy atom. The van der Waals surface area contributed by atoms with Gasteiger partial charge in [-0.3, -0.25) is 0 Å². The number of ether oxygens (including phenoxy) is 1. The Hall–Kier alpha value is -1.52. The molecule has 0 fully saturated rings. The first kappa shape index (κ1) is 13.9. The van der Waals surface area contributed by atoms with Gasteiger partial charge in [0.15, 0.2) is 11.6 Å². The van der Waals surface area contributed by atoms with Gasteiger partial charge < -0.3 is 10.5 Å². The van der Waals surface area contributed by atoms with Crippen LogP contribution in [0.4, 0.5) is 4.39 Å². The van der Waals surface area contributed by atoms with Crippen molar-refractivity contribution in [2.45, 2.75) is 11.4 Å². The molecule has 2 rings (SSSR count). The summed E-state index contributed by atoms with van der Waals surface area (Å²) < 4.78 is 19.0. The first-order valence-electron chi connectivity index (χ1n) is 6.09. The largest absolute Gasteiger partial charge is 0.490 e. The van der Waals surface area contributed by atoms with E-state index in [0.29, 0.717) is 13.2 Å². The molecule has 2 aromatic rings. The van der Waals surface area contributed by atoms with Crippen LogP contribution in [0.5, 0.6) is 5.75 Å². The summed E-state index contributed by atoms with van der Waals surface area (Å²) in [6.45, 7) is 0.805. The van der Waals surface area contributed by atoms with Crippen LogP contribution in [0, 0.1) is 5.82 Å². The van der Waals surface area contributed by atoms with Gasteiger partial charge in [0.05, 0.1) is 6.61 Å². The molecule has 0 saturated heterocycles. The molecule has 0 bridgehead atoms. The Kier molecular flexibility index (Phi) is 5.24. The highest BCUT2D eigenvalue weighted by Crippen LogP contribution is 2.20. The van der Waals surface area contributed by atoms with Gasteiger partial charge >= 0.3 is 0 Å². The lowest BCUT2D eigenvalue weighted by atomic mass is 10.2. The molecule has 0 spiro atoms. The van der Waals surface area contributed by atoms with Crippen molar-refractivity contribution in [1.82, 2.24) is 0 Å². The summed E-state index contributed by atoms with van der Waals surface area (Å²) in [6.07, 6.45) is 0. The van der Waals surface area contributed by atoms with E-state index in [4.69, 9.17) is 10.5 Å². The van der Waals surface area contributed by atoms with E-state index in [0.717, 1.165) is 11.3 Å². The molecule has 100 valence electrons. The average Bonchev–Trinajstić information content (AvgIpc) is 2.46. The molecule has 19 heavy (non-hydrogen) atoms. The fraction of sp³-hybridized carbons (Fsp3) is 0.200. The van der Waals surface area contributed by atoms with Crippen LogP contribution in [0.15, 0.2) is 53.4 Å². The van der Waals surface area contributed by atoms with Gasteiger partial charge in [-0.15, -0.1) is 11.8 Å². The van der Waals surface area contributed by atoms with Crippen LogP contribution < -0.4 is 10.5 Å². The van der Waals surface area contributed by atoms with Crippen molar-refractivity contribution in [2.75, 3.05) is 12.4 Å². The van der Waals surface area contributed by atoms with Crippen molar-refractivity contribution in [2.24, 2.45) is 5.73 Å².